The molecule has 0 bridgehead atoms. The smallest absolute Gasteiger partial charge is 0.0431 e. The molecular formula is C12H18O. The summed E-state index contributed by atoms with van der Waals surface area (Å²) in [7, 11) is 0. The van der Waals surface area contributed by atoms with Crippen LogP contribution in [0.4, 0.5) is 0 Å². The van der Waals surface area contributed by atoms with Gasteiger partial charge in [-0.15, -0.1) is 0 Å². The standard InChI is InChI=1S/C12H18O/c13-11-7-3-6-10-12-8-4-1-2-5-9-12/h1-2,4-5,8,13H,3,6-7,9-11H2. The van der Waals surface area contributed by atoms with Crippen molar-refractivity contribution in [1.29, 1.82) is 0 Å². The first-order valence-electron chi connectivity index (χ1n) is 5.05. The molecule has 13 heavy (non-hydrogen) atoms. The Bertz CT molecular complexity index is 211. The van der Waals surface area contributed by atoms with Crippen molar-refractivity contribution in [3.8, 4) is 0 Å². The second-order valence-electron chi connectivity index (χ2n) is 3.38. The molecule has 0 spiro atoms. The van der Waals surface area contributed by atoms with E-state index in [1.54, 1.807) is 0 Å². The van der Waals surface area contributed by atoms with E-state index in [1.807, 2.05) is 0 Å². The van der Waals surface area contributed by atoms with Crippen LogP contribution in [0.25, 0.3) is 0 Å². The molecule has 0 amide bonds. The first-order chi connectivity index (χ1) is 6.43. The molecule has 1 aliphatic rings. The highest BCUT2D eigenvalue weighted by atomic mass is 16.2. The second-order valence-corrected chi connectivity index (χ2v) is 3.38. The highest BCUT2D eigenvalue weighted by Gasteiger charge is 1.95. The minimum absolute atomic E-state index is 0.332. The Morgan fingerprint density at radius 1 is 1.08 bits per heavy atom. The maximum atomic E-state index is 8.61. The molecule has 0 saturated carbocycles. The quantitative estimate of drug-likeness (QED) is 0.642. The van der Waals surface area contributed by atoms with Gasteiger partial charge in [-0.3, -0.25) is 0 Å². The van der Waals surface area contributed by atoms with Crippen molar-refractivity contribution >= 4 is 0 Å². The zero-order chi connectivity index (χ0) is 9.36. The summed E-state index contributed by atoms with van der Waals surface area (Å²) >= 11 is 0. The molecule has 0 saturated heterocycles. The Morgan fingerprint density at radius 3 is 2.85 bits per heavy atom. The highest BCUT2D eigenvalue weighted by molar-refractivity contribution is 5.23. The van der Waals surface area contributed by atoms with Crippen LogP contribution in [-0.4, -0.2) is 11.7 Å². The van der Waals surface area contributed by atoms with E-state index in [4.69, 9.17) is 5.11 Å². The summed E-state index contributed by atoms with van der Waals surface area (Å²) in [6.07, 6.45) is 16.2. The lowest BCUT2D eigenvalue weighted by molar-refractivity contribution is 0.283. The van der Waals surface area contributed by atoms with Gasteiger partial charge in [-0.2, -0.15) is 0 Å². The minimum Gasteiger partial charge on any atom is -0.396 e. The summed E-state index contributed by atoms with van der Waals surface area (Å²) in [5, 5.41) is 8.61. The largest absolute Gasteiger partial charge is 0.396 e. The van der Waals surface area contributed by atoms with Crippen molar-refractivity contribution in [1.82, 2.24) is 0 Å². The van der Waals surface area contributed by atoms with Crippen LogP contribution >= 0.6 is 0 Å². The zero-order valence-electron chi connectivity index (χ0n) is 8.08. The average Bonchev–Trinajstić information content (AvgIpc) is 2.41. The van der Waals surface area contributed by atoms with Crippen molar-refractivity contribution in [3.63, 3.8) is 0 Å². The van der Waals surface area contributed by atoms with Crippen LogP contribution in [0.1, 0.15) is 32.1 Å². The number of hydrogen-bond acceptors (Lipinski definition) is 1. The molecule has 0 unspecified atom stereocenters. The Labute approximate surface area is 80.5 Å². The van der Waals surface area contributed by atoms with Crippen molar-refractivity contribution in [2.75, 3.05) is 6.61 Å². The fourth-order valence-corrected chi connectivity index (χ4v) is 1.45. The van der Waals surface area contributed by atoms with Gasteiger partial charge < -0.3 is 5.11 Å². The predicted molar refractivity (Wildman–Crippen MR) is 56.5 cm³/mol. The topological polar surface area (TPSA) is 20.2 Å². The van der Waals surface area contributed by atoms with E-state index < -0.39 is 0 Å². The highest BCUT2D eigenvalue weighted by Crippen LogP contribution is 2.15. The maximum Gasteiger partial charge on any atom is 0.0431 e. The number of aliphatic hydroxyl groups excluding tert-OH is 1. The van der Waals surface area contributed by atoms with E-state index in [1.165, 1.54) is 18.4 Å². The molecule has 1 aliphatic carbocycles. The first-order valence-corrected chi connectivity index (χ1v) is 5.05. The molecule has 0 aliphatic heterocycles. The van der Waals surface area contributed by atoms with Crippen molar-refractivity contribution in [2.24, 2.45) is 0 Å². The lowest BCUT2D eigenvalue weighted by Crippen LogP contribution is -1.86. The Kier molecular flexibility index (Phi) is 5.27. The zero-order valence-corrected chi connectivity index (χ0v) is 8.08. The molecule has 72 valence electrons. The van der Waals surface area contributed by atoms with Gasteiger partial charge in [0.25, 0.3) is 0 Å². The molecule has 0 fully saturated rings. The molecule has 0 aromatic heterocycles. The fourth-order valence-electron chi connectivity index (χ4n) is 1.45. The molecule has 0 aromatic rings. The number of rotatable bonds is 5. The van der Waals surface area contributed by atoms with Crippen molar-refractivity contribution in [3.05, 3.63) is 36.0 Å². The Balaban J connectivity index is 2.17. The van der Waals surface area contributed by atoms with Crippen molar-refractivity contribution in [2.45, 2.75) is 32.1 Å². The van der Waals surface area contributed by atoms with Crippen molar-refractivity contribution < 1.29 is 5.11 Å². The van der Waals surface area contributed by atoms with E-state index in [0.717, 1.165) is 19.3 Å². The average molecular weight is 178 g/mol. The van der Waals surface area contributed by atoms with Crippen LogP contribution < -0.4 is 0 Å². The summed E-state index contributed by atoms with van der Waals surface area (Å²) in [5.41, 5.74) is 1.50. The lowest BCUT2D eigenvalue weighted by atomic mass is 10.0. The molecule has 1 heteroatoms. The molecule has 1 nitrogen and oxygen atoms in total. The van der Waals surface area contributed by atoms with Gasteiger partial charge in [-0.25, -0.2) is 0 Å². The van der Waals surface area contributed by atoms with Gasteiger partial charge in [0.05, 0.1) is 0 Å². The third-order valence-electron chi connectivity index (χ3n) is 2.23. The Hall–Kier alpha value is -0.820. The van der Waals surface area contributed by atoms with Gasteiger partial charge in [0.2, 0.25) is 0 Å². The molecular weight excluding hydrogens is 160 g/mol. The predicted octanol–water partition coefficient (Wildman–Crippen LogP) is 2.98. The molecule has 1 N–H and O–H groups in total. The van der Waals surface area contributed by atoms with Gasteiger partial charge in [-0.05, 0) is 25.7 Å². The third-order valence-corrected chi connectivity index (χ3v) is 2.23. The minimum atomic E-state index is 0.332. The van der Waals surface area contributed by atoms with Crippen LogP contribution in [0.15, 0.2) is 36.0 Å². The van der Waals surface area contributed by atoms with Gasteiger partial charge in [0.1, 0.15) is 0 Å². The monoisotopic (exact) mass is 178 g/mol. The summed E-state index contributed by atoms with van der Waals surface area (Å²) < 4.78 is 0. The number of allylic oxidation sites excluding steroid dienone is 6. The van der Waals surface area contributed by atoms with Crippen LogP contribution in [0.3, 0.4) is 0 Å². The third kappa shape index (κ3) is 4.69. The van der Waals surface area contributed by atoms with E-state index in [9.17, 15) is 0 Å². The molecule has 1 rings (SSSR count). The van der Waals surface area contributed by atoms with Crippen LogP contribution in [0.2, 0.25) is 0 Å². The summed E-state index contributed by atoms with van der Waals surface area (Å²) in [6.45, 7) is 0.332. The summed E-state index contributed by atoms with van der Waals surface area (Å²) in [6, 6.07) is 0. The summed E-state index contributed by atoms with van der Waals surface area (Å²) in [5.74, 6) is 0. The number of hydrogen-bond donors (Lipinski definition) is 1. The van der Waals surface area contributed by atoms with Gasteiger partial charge in [0.15, 0.2) is 0 Å². The van der Waals surface area contributed by atoms with E-state index in [-0.39, 0.29) is 0 Å². The number of unbranched alkanes of at least 4 members (excludes halogenated alkanes) is 2. The summed E-state index contributed by atoms with van der Waals surface area (Å²) in [4.78, 5) is 0. The SMILES string of the molecule is OCCCCCC1=CC=CC=CC1. The molecule has 0 atom stereocenters. The lowest BCUT2D eigenvalue weighted by Gasteiger charge is -2.02. The first kappa shape index (κ1) is 10.3. The van der Waals surface area contributed by atoms with E-state index in [2.05, 4.69) is 30.4 Å². The van der Waals surface area contributed by atoms with E-state index in [0.29, 0.717) is 6.61 Å². The fraction of sp³-hybridized carbons (Fsp3) is 0.500. The van der Waals surface area contributed by atoms with Gasteiger partial charge in [-0.1, -0.05) is 42.4 Å². The molecule has 0 aromatic carbocycles. The van der Waals surface area contributed by atoms with Gasteiger partial charge >= 0.3 is 0 Å². The second kappa shape index (κ2) is 6.67. The molecule has 0 heterocycles. The van der Waals surface area contributed by atoms with Crippen LogP contribution in [0.5, 0.6) is 0 Å². The van der Waals surface area contributed by atoms with Crippen LogP contribution in [-0.2, 0) is 0 Å². The van der Waals surface area contributed by atoms with Gasteiger partial charge in [0, 0.05) is 6.61 Å². The van der Waals surface area contributed by atoms with E-state index >= 15 is 0 Å². The normalized spacial score (nSPS) is 15.6. The van der Waals surface area contributed by atoms with Crippen LogP contribution in [0, 0.1) is 0 Å². The number of aliphatic hydroxyl groups is 1. The maximum absolute atomic E-state index is 8.61. The Morgan fingerprint density at radius 2 is 2.00 bits per heavy atom. The molecule has 0 radical (unpaired) electrons.